The first-order valence-electron chi connectivity index (χ1n) is 10.3. The molecule has 2 heterocycles. The summed E-state index contributed by atoms with van der Waals surface area (Å²) in [7, 11) is 0. The van der Waals surface area contributed by atoms with Crippen LogP contribution in [0.5, 0.6) is 0 Å². The van der Waals surface area contributed by atoms with E-state index in [-0.39, 0.29) is 17.7 Å². The van der Waals surface area contributed by atoms with Gasteiger partial charge in [-0.2, -0.15) is 0 Å². The SMILES string of the molecule is CC1CCN(C(=O)c2cc3c(s2)CC[C@H](C(=O)NC2CCCC2)C3)CC1. The van der Waals surface area contributed by atoms with Gasteiger partial charge in [0.25, 0.3) is 5.91 Å². The first-order valence-corrected chi connectivity index (χ1v) is 11.1. The molecule has 2 amide bonds. The highest BCUT2D eigenvalue weighted by molar-refractivity contribution is 7.14. The quantitative estimate of drug-likeness (QED) is 0.875. The zero-order valence-electron chi connectivity index (χ0n) is 15.8. The van der Waals surface area contributed by atoms with Crippen LogP contribution in [-0.4, -0.2) is 35.8 Å². The third-order valence-electron chi connectivity index (χ3n) is 6.44. The third-order valence-corrected chi connectivity index (χ3v) is 7.66. The standard InChI is InChI=1S/C21H30N2O2S/c1-14-8-10-23(11-9-14)21(25)19-13-16-12-15(6-7-18(16)26-19)20(24)22-17-4-2-3-5-17/h13-15,17H,2-12H2,1H3,(H,22,24)/t15-/m0/s1. The van der Waals surface area contributed by atoms with Gasteiger partial charge in [-0.1, -0.05) is 19.8 Å². The first kappa shape index (κ1) is 18.0. The van der Waals surface area contributed by atoms with Crippen LogP contribution >= 0.6 is 11.3 Å². The molecule has 1 atom stereocenters. The summed E-state index contributed by atoms with van der Waals surface area (Å²) in [6.07, 6.45) is 9.63. The Morgan fingerprint density at radius 2 is 1.85 bits per heavy atom. The average Bonchev–Trinajstić information content (AvgIpc) is 3.30. The number of carbonyl (C=O) groups is 2. The third kappa shape index (κ3) is 3.83. The van der Waals surface area contributed by atoms with Crippen molar-refractivity contribution >= 4 is 23.2 Å². The van der Waals surface area contributed by atoms with Gasteiger partial charge in [0.2, 0.25) is 5.91 Å². The molecule has 2 fully saturated rings. The number of rotatable bonds is 3. The molecule has 1 saturated heterocycles. The van der Waals surface area contributed by atoms with Gasteiger partial charge < -0.3 is 10.2 Å². The monoisotopic (exact) mass is 374 g/mol. The van der Waals surface area contributed by atoms with Crippen LogP contribution in [0.4, 0.5) is 0 Å². The summed E-state index contributed by atoms with van der Waals surface area (Å²) < 4.78 is 0. The van der Waals surface area contributed by atoms with Crippen molar-refractivity contribution in [3.05, 3.63) is 21.4 Å². The highest BCUT2D eigenvalue weighted by Crippen LogP contribution is 2.34. The fourth-order valence-electron chi connectivity index (χ4n) is 4.61. The van der Waals surface area contributed by atoms with Crippen molar-refractivity contribution in [3.8, 4) is 0 Å². The predicted octanol–water partition coefficient (Wildman–Crippen LogP) is 3.78. The Balaban J connectivity index is 1.38. The molecule has 1 aromatic rings. The number of nitrogens with zero attached hydrogens (tertiary/aromatic N) is 1. The van der Waals surface area contributed by atoms with Gasteiger partial charge in [-0.05, 0) is 62.5 Å². The van der Waals surface area contributed by atoms with E-state index in [1.54, 1.807) is 11.3 Å². The van der Waals surface area contributed by atoms with Gasteiger partial charge in [-0.15, -0.1) is 11.3 Å². The Labute approximate surface area is 160 Å². The molecule has 1 aromatic heterocycles. The number of amides is 2. The number of aryl methyl sites for hydroxylation is 1. The summed E-state index contributed by atoms with van der Waals surface area (Å²) in [5.74, 6) is 1.24. The lowest BCUT2D eigenvalue weighted by molar-refractivity contribution is -0.126. The van der Waals surface area contributed by atoms with Crippen LogP contribution in [0, 0.1) is 11.8 Å². The highest BCUT2D eigenvalue weighted by atomic mass is 32.1. The van der Waals surface area contributed by atoms with Crippen molar-refractivity contribution in [2.24, 2.45) is 11.8 Å². The molecule has 5 heteroatoms. The van der Waals surface area contributed by atoms with E-state index in [0.717, 1.165) is 68.8 Å². The predicted molar refractivity (Wildman–Crippen MR) is 105 cm³/mol. The fraction of sp³-hybridized carbons (Fsp3) is 0.714. The zero-order chi connectivity index (χ0) is 18.1. The number of thiophene rings is 1. The maximum Gasteiger partial charge on any atom is 0.263 e. The second-order valence-electron chi connectivity index (χ2n) is 8.46. The molecule has 1 saturated carbocycles. The molecule has 142 valence electrons. The summed E-state index contributed by atoms with van der Waals surface area (Å²) >= 11 is 1.66. The van der Waals surface area contributed by atoms with Crippen LogP contribution in [0.2, 0.25) is 0 Å². The molecule has 3 aliphatic rings. The summed E-state index contributed by atoms with van der Waals surface area (Å²) in [5.41, 5.74) is 1.24. The lowest BCUT2D eigenvalue weighted by atomic mass is 9.87. The Morgan fingerprint density at radius 1 is 1.12 bits per heavy atom. The van der Waals surface area contributed by atoms with Gasteiger partial charge in [0, 0.05) is 29.9 Å². The molecule has 1 aliphatic heterocycles. The molecule has 0 unspecified atom stereocenters. The molecule has 0 radical (unpaired) electrons. The van der Waals surface area contributed by atoms with E-state index < -0.39 is 0 Å². The maximum atomic E-state index is 12.8. The molecule has 0 bridgehead atoms. The summed E-state index contributed by atoms with van der Waals surface area (Å²) in [6.45, 7) is 4.03. The normalized spacial score (nSPS) is 24.5. The molecule has 0 spiro atoms. The minimum Gasteiger partial charge on any atom is -0.353 e. The molecule has 4 nitrogen and oxygen atoms in total. The van der Waals surface area contributed by atoms with Gasteiger partial charge in [-0.3, -0.25) is 9.59 Å². The van der Waals surface area contributed by atoms with E-state index in [1.807, 2.05) is 4.90 Å². The van der Waals surface area contributed by atoms with E-state index in [1.165, 1.54) is 23.3 Å². The van der Waals surface area contributed by atoms with Gasteiger partial charge in [0.15, 0.2) is 0 Å². The minimum atomic E-state index is 0.0801. The molecule has 1 N–H and O–H groups in total. The van der Waals surface area contributed by atoms with Crippen LogP contribution in [0.25, 0.3) is 0 Å². The molecule has 2 aliphatic carbocycles. The van der Waals surface area contributed by atoms with Gasteiger partial charge >= 0.3 is 0 Å². The maximum absolute atomic E-state index is 12.8. The van der Waals surface area contributed by atoms with E-state index in [0.29, 0.717) is 6.04 Å². The number of piperidine rings is 1. The summed E-state index contributed by atoms with van der Waals surface area (Å²) in [5, 5.41) is 3.25. The Kier molecular flexibility index (Phi) is 5.35. The highest BCUT2D eigenvalue weighted by Gasteiger charge is 2.30. The largest absolute Gasteiger partial charge is 0.353 e. The summed E-state index contributed by atoms with van der Waals surface area (Å²) in [6, 6.07) is 2.47. The van der Waals surface area contributed by atoms with Gasteiger partial charge in [0.05, 0.1) is 4.88 Å². The molecular formula is C21H30N2O2S. The second kappa shape index (κ2) is 7.71. The molecule has 4 rings (SSSR count). The molecule has 0 aromatic carbocycles. The van der Waals surface area contributed by atoms with E-state index in [4.69, 9.17) is 0 Å². The second-order valence-corrected chi connectivity index (χ2v) is 9.60. The average molecular weight is 375 g/mol. The zero-order valence-corrected chi connectivity index (χ0v) is 16.6. The first-order chi connectivity index (χ1) is 12.6. The van der Waals surface area contributed by atoms with Crippen molar-refractivity contribution in [3.63, 3.8) is 0 Å². The van der Waals surface area contributed by atoms with Crippen LogP contribution in [0.3, 0.4) is 0 Å². The molecular weight excluding hydrogens is 344 g/mol. The van der Waals surface area contributed by atoms with Crippen molar-refractivity contribution in [1.29, 1.82) is 0 Å². The smallest absolute Gasteiger partial charge is 0.263 e. The lowest BCUT2D eigenvalue weighted by Gasteiger charge is -2.29. The minimum absolute atomic E-state index is 0.0801. The van der Waals surface area contributed by atoms with E-state index in [2.05, 4.69) is 18.3 Å². The summed E-state index contributed by atoms with van der Waals surface area (Å²) in [4.78, 5) is 29.6. The lowest BCUT2D eigenvalue weighted by Crippen LogP contribution is -2.39. The molecule has 26 heavy (non-hydrogen) atoms. The number of fused-ring (bicyclic) bond motifs is 1. The Morgan fingerprint density at radius 3 is 2.58 bits per heavy atom. The Bertz CT molecular complexity index is 670. The van der Waals surface area contributed by atoms with Gasteiger partial charge in [-0.25, -0.2) is 0 Å². The number of likely N-dealkylation sites (tertiary alicyclic amines) is 1. The van der Waals surface area contributed by atoms with Crippen molar-refractivity contribution < 1.29 is 9.59 Å². The van der Waals surface area contributed by atoms with Crippen LogP contribution in [0.15, 0.2) is 6.07 Å². The van der Waals surface area contributed by atoms with E-state index in [9.17, 15) is 9.59 Å². The Hall–Kier alpha value is -1.36. The number of hydrogen-bond donors (Lipinski definition) is 1. The van der Waals surface area contributed by atoms with Crippen LogP contribution in [-0.2, 0) is 17.6 Å². The van der Waals surface area contributed by atoms with Crippen LogP contribution in [0.1, 0.15) is 72.0 Å². The van der Waals surface area contributed by atoms with Crippen molar-refractivity contribution in [2.45, 2.75) is 70.8 Å². The number of hydrogen-bond acceptors (Lipinski definition) is 3. The topological polar surface area (TPSA) is 49.4 Å². The van der Waals surface area contributed by atoms with Crippen molar-refractivity contribution in [2.75, 3.05) is 13.1 Å². The van der Waals surface area contributed by atoms with Crippen LogP contribution < -0.4 is 5.32 Å². The van der Waals surface area contributed by atoms with Crippen molar-refractivity contribution in [1.82, 2.24) is 10.2 Å². The fourth-order valence-corrected chi connectivity index (χ4v) is 5.79. The number of nitrogens with one attached hydrogen (secondary N) is 1. The van der Waals surface area contributed by atoms with E-state index >= 15 is 0 Å². The van der Waals surface area contributed by atoms with Gasteiger partial charge in [0.1, 0.15) is 0 Å². The number of carbonyl (C=O) groups excluding carboxylic acids is 2.